The molecule has 0 radical (unpaired) electrons. The molecule has 4 rings (SSSR count). The largest absolute Gasteiger partial charge is 0.497 e. The fourth-order valence-corrected chi connectivity index (χ4v) is 3.63. The van der Waals surface area contributed by atoms with Gasteiger partial charge in [-0.25, -0.2) is 4.98 Å². The van der Waals surface area contributed by atoms with Gasteiger partial charge in [0.1, 0.15) is 11.6 Å². The van der Waals surface area contributed by atoms with E-state index in [1.807, 2.05) is 41.8 Å². The zero-order valence-electron chi connectivity index (χ0n) is 14.8. The second kappa shape index (κ2) is 7.84. The zero-order valence-corrected chi connectivity index (χ0v) is 16.4. The van der Waals surface area contributed by atoms with E-state index in [0.29, 0.717) is 28.1 Å². The monoisotopic (exact) mass is 410 g/mol. The van der Waals surface area contributed by atoms with E-state index in [2.05, 4.69) is 15.4 Å². The lowest BCUT2D eigenvalue weighted by Gasteiger charge is -2.02. The van der Waals surface area contributed by atoms with Crippen LogP contribution >= 0.6 is 22.9 Å². The Labute approximate surface area is 170 Å². The minimum Gasteiger partial charge on any atom is -0.497 e. The number of hydrogen-bond donors (Lipinski definition) is 1. The SMILES string of the molecule is COc1ccc(-c2csc(-n3nc(-c4ccc(Cl)cc4)cc3NC=O)n2)cc1. The van der Waals surface area contributed by atoms with Crippen LogP contribution < -0.4 is 10.1 Å². The van der Waals surface area contributed by atoms with Gasteiger partial charge in [-0.1, -0.05) is 23.7 Å². The quantitative estimate of drug-likeness (QED) is 0.459. The summed E-state index contributed by atoms with van der Waals surface area (Å²) < 4.78 is 6.81. The number of hydrogen-bond acceptors (Lipinski definition) is 5. The molecule has 2 aromatic heterocycles. The molecule has 0 fully saturated rings. The van der Waals surface area contributed by atoms with Gasteiger partial charge in [-0.3, -0.25) is 4.79 Å². The number of carbonyl (C=O) groups excluding carboxylic acids is 1. The molecule has 28 heavy (non-hydrogen) atoms. The number of halogens is 1. The van der Waals surface area contributed by atoms with Crippen LogP contribution in [0.1, 0.15) is 0 Å². The van der Waals surface area contributed by atoms with Gasteiger partial charge >= 0.3 is 0 Å². The highest BCUT2D eigenvalue weighted by atomic mass is 35.5. The summed E-state index contributed by atoms with van der Waals surface area (Å²) in [6.45, 7) is 0. The molecule has 0 atom stereocenters. The maximum Gasteiger partial charge on any atom is 0.212 e. The van der Waals surface area contributed by atoms with Gasteiger partial charge in [-0.05, 0) is 36.4 Å². The highest BCUT2D eigenvalue weighted by Crippen LogP contribution is 2.30. The Morgan fingerprint density at radius 3 is 2.43 bits per heavy atom. The van der Waals surface area contributed by atoms with Crippen molar-refractivity contribution in [3.63, 3.8) is 0 Å². The van der Waals surface area contributed by atoms with E-state index in [1.165, 1.54) is 11.3 Å². The van der Waals surface area contributed by atoms with Crippen molar-refractivity contribution in [3.8, 4) is 33.4 Å². The highest BCUT2D eigenvalue weighted by molar-refractivity contribution is 7.12. The first kappa shape index (κ1) is 18.2. The van der Waals surface area contributed by atoms with Crippen LogP contribution in [0.5, 0.6) is 5.75 Å². The second-order valence-corrected chi connectivity index (χ2v) is 7.11. The first-order valence-electron chi connectivity index (χ1n) is 8.34. The highest BCUT2D eigenvalue weighted by Gasteiger charge is 2.14. The summed E-state index contributed by atoms with van der Waals surface area (Å²) in [5.74, 6) is 1.33. The summed E-state index contributed by atoms with van der Waals surface area (Å²) in [6.07, 6.45) is 0.622. The average Bonchev–Trinajstić information content (AvgIpc) is 3.36. The molecule has 4 aromatic rings. The zero-order chi connectivity index (χ0) is 19.5. The number of aromatic nitrogens is 3. The van der Waals surface area contributed by atoms with E-state index in [4.69, 9.17) is 16.3 Å². The molecule has 0 saturated heterocycles. The number of rotatable bonds is 6. The molecule has 6 nitrogen and oxygen atoms in total. The molecule has 2 heterocycles. The molecule has 2 aromatic carbocycles. The van der Waals surface area contributed by atoms with E-state index in [9.17, 15) is 4.79 Å². The van der Waals surface area contributed by atoms with Crippen molar-refractivity contribution in [1.29, 1.82) is 0 Å². The van der Waals surface area contributed by atoms with Gasteiger partial charge in [0.15, 0.2) is 0 Å². The Kier molecular flexibility index (Phi) is 5.10. The fraction of sp³-hybridized carbons (Fsp3) is 0.0500. The molecule has 0 aliphatic rings. The molecule has 8 heteroatoms. The van der Waals surface area contributed by atoms with Crippen LogP contribution in [-0.4, -0.2) is 28.3 Å². The lowest BCUT2D eigenvalue weighted by atomic mass is 10.1. The lowest BCUT2D eigenvalue weighted by molar-refractivity contribution is -0.105. The number of amides is 1. The summed E-state index contributed by atoms with van der Waals surface area (Å²) in [5, 5.41) is 10.5. The van der Waals surface area contributed by atoms with E-state index in [-0.39, 0.29) is 0 Å². The maximum absolute atomic E-state index is 11.0. The van der Waals surface area contributed by atoms with E-state index >= 15 is 0 Å². The number of carbonyl (C=O) groups is 1. The molecule has 0 unspecified atom stereocenters. The van der Waals surface area contributed by atoms with E-state index < -0.39 is 0 Å². The predicted molar refractivity (Wildman–Crippen MR) is 111 cm³/mol. The maximum atomic E-state index is 11.0. The number of ether oxygens (including phenoxy) is 1. The molecule has 1 amide bonds. The van der Waals surface area contributed by atoms with Crippen LogP contribution in [0, 0.1) is 0 Å². The molecule has 0 spiro atoms. The Balaban J connectivity index is 1.70. The number of thiazole rings is 1. The van der Waals surface area contributed by atoms with Crippen LogP contribution in [0.15, 0.2) is 60.0 Å². The van der Waals surface area contributed by atoms with Gasteiger partial charge in [-0.15, -0.1) is 11.3 Å². The van der Waals surface area contributed by atoms with Crippen LogP contribution in [0.25, 0.3) is 27.6 Å². The number of anilines is 1. The number of nitrogens with zero attached hydrogens (tertiary/aromatic N) is 3. The molecule has 0 bridgehead atoms. The Morgan fingerprint density at radius 1 is 1.07 bits per heavy atom. The number of nitrogens with one attached hydrogen (secondary N) is 1. The molecular weight excluding hydrogens is 396 g/mol. The molecule has 0 saturated carbocycles. The van der Waals surface area contributed by atoms with Crippen molar-refractivity contribution in [2.45, 2.75) is 0 Å². The first-order chi connectivity index (χ1) is 13.7. The van der Waals surface area contributed by atoms with Gasteiger partial charge in [0.05, 0.1) is 18.5 Å². The smallest absolute Gasteiger partial charge is 0.212 e. The average molecular weight is 411 g/mol. The Morgan fingerprint density at radius 2 is 1.75 bits per heavy atom. The number of benzene rings is 2. The minimum absolute atomic E-state index is 0.538. The van der Waals surface area contributed by atoms with Crippen molar-refractivity contribution in [2.75, 3.05) is 12.4 Å². The molecule has 0 aliphatic heterocycles. The third-order valence-corrected chi connectivity index (χ3v) is 5.18. The number of methoxy groups -OCH3 is 1. The van der Waals surface area contributed by atoms with Gasteiger partial charge < -0.3 is 10.1 Å². The third-order valence-electron chi connectivity index (χ3n) is 4.12. The van der Waals surface area contributed by atoms with Crippen LogP contribution in [-0.2, 0) is 4.79 Å². The van der Waals surface area contributed by atoms with Crippen LogP contribution in [0.4, 0.5) is 5.82 Å². The van der Waals surface area contributed by atoms with Crippen LogP contribution in [0.3, 0.4) is 0 Å². The first-order valence-corrected chi connectivity index (χ1v) is 9.60. The summed E-state index contributed by atoms with van der Waals surface area (Å²) in [5.41, 5.74) is 3.40. The summed E-state index contributed by atoms with van der Waals surface area (Å²) in [6, 6.07) is 16.8. The van der Waals surface area contributed by atoms with Crippen molar-refractivity contribution < 1.29 is 9.53 Å². The Hall–Kier alpha value is -3.16. The molecule has 1 N–H and O–H groups in total. The standard InChI is InChI=1S/C20H15ClN4O2S/c1-27-16-8-4-14(5-9-16)18-11-28-20(23-18)25-19(22-12-26)10-17(24-25)13-2-6-15(21)7-3-13/h2-12H,1H3,(H,22,26). The van der Waals surface area contributed by atoms with Gasteiger partial charge in [-0.2, -0.15) is 9.78 Å². The fourth-order valence-electron chi connectivity index (χ4n) is 2.71. The van der Waals surface area contributed by atoms with Crippen molar-refractivity contribution in [1.82, 2.24) is 14.8 Å². The molecular formula is C20H15ClN4O2S. The minimum atomic E-state index is 0.538. The molecule has 0 aliphatic carbocycles. The van der Waals surface area contributed by atoms with E-state index in [0.717, 1.165) is 22.6 Å². The normalized spacial score (nSPS) is 10.6. The second-order valence-electron chi connectivity index (χ2n) is 5.84. The topological polar surface area (TPSA) is 69.0 Å². The Bertz CT molecular complexity index is 1100. The summed E-state index contributed by atoms with van der Waals surface area (Å²) in [4.78, 5) is 15.7. The van der Waals surface area contributed by atoms with E-state index in [1.54, 1.807) is 30.0 Å². The van der Waals surface area contributed by atoms with Gasteiger partial charge in [0.25, 0.3) is 0 Å². The summed E-state index contributed by atoms with van der Waals surface area (Å²) in [7, 11) is 1.63. The third kappa shape index (κ3) is 3.62. The van der Waals surface area contributed by atoms with Crippen molar-refractivity contribution in [3.05, 3.63) is 65.0 Å². The van der Waals surface area contributed by atoms with Crippen molar-refractivity contribution in [2.24, 2.45) is 0 Å². The van der Waals surface area contributed by atoms with Gasteiger partial charge in [0.2, 0.25) is 11.5 Å². The molecule has 140 valence electrons. The lowest BCUT2D eigenvalue weighted by Crippen LogP contribution is -2.04. The summed E-state index contributed by atoms with van der Waals surface area (Å²) >= 11 is 7.40. The van der Waals surface area contributed by atoms with Gasteiger partial charge in [0, 0.05) is 27.6 Å². The van der Waals surface area contributed by atoms with Crippen LogP contribution in [0.2, 0.25) is 5.02 Å². The predicted octanol–water partition coefficient (Wildman–Crippen LogP) is 4.89. The van der Waals surface area contributed by atoms with Crippen molar-refractivity contribution >= 4 is 35.2 Å².